The molecule has 0 aliphatic carbocycles. The van der Waals surface area contributed by atoms with Gasteiger partial charge in [-0.25, -0.2) is 4.39 Å². The lowest BCUT2D eigenvalue weighted by Gasteiger charge is -2.47. The summed E-state index contributed by atoms with van der Waals surface area (Å²) >= 11 is 0. The molecule has 0 unspecified atom stereocenters. The lowest BCUT2D eigenvalue weighted by atomic mass is 9.83. The molecule has 1 saturated heterocycles. The fraction of sp³-hybridized carbons (Fsp3) is 0.478. The van der Waals surface area contributed by atoms with Crippen molar-refractivity contribution in [2.75, 3.05) is 0 Å². The van der Waals surface area contributed by atoms with Crippen LogP contribution in [0.15, 0.2) is 36.4 Å². The molecule has 170 valence electrons. The Kier molecular flexibility index (Phi) is 7.12. The van der Waals surface area contributed by atoms with Gasteiger partial charge >= 0.3 is 0 Å². The average molecular weight is 436 g/mol. The fourth-order valence-electron chi connectivity index (χ4n) is 3.95. The van der Waals surface area contributed by atoms with Gasteiger partial charge in [-0.3, -0.25) is 0 Å². The molecule has 31 heavy (non-hydrogen) atoms. The minimum Gasteiger partial charge on any atom is -0.392 e. The molecule has 2 aromatic carbocycles. The highest BCUT2D eigenvalue weighted by atomic mass is 19.1. The zero-order valence-electron chi connectivity index (χ0n) is 17.4. The smallest absolute Gasteiger partial charge is 0.222 e. The molecule has 7 nitrogen and oxygen atoms in total. The average Bonchev–Trinajstić information content (AvgIpc) is 2.76. The van der Waals surface area contributed by atoms with Crippen molar-refractivity contribution < 1.29 is 39.8 Å². The molecular weight excluding hydrogens is 407 g/mol. The van der Waals surface area contributed by atoms with Crippen LogP contribution in [-0.2, 0) is 30.0 Å². The number of hydrogen-bond acceptors (Lipinski definition) is 7. The van der Waals surface area contributed by atoms with Crippen molar-refractivity contribution in [3.05, 3.63) is 70.0 Å². The molecule has 1 aliphatic heterocycles. The first-order chi connectivity index (χ1) is 14.6. The Morgan fingerprint density at radius 2 is 1.65 bits per heavy atom. The Labute approximate surface area is 180 Å². The van der Waals surface area contributed by atoms with Gasteiger partial charge in [0.2, 0.25) is 5.79 Å². The van der Waals surface area contributed by atoms with E-state index >= 15 is 4.39 Å². The third-order valence-electron chi connectivity index (χ3n) is 5.84. The normalized spacial score (nSPS) is 29.7. The van der Waals surface area contributed by atoms with Crippen LogP contribution in [0.4, 0.5) is 4.39 Å². The Morgan fingerprint density at radius 3 is 2.19 bits per heavy atom. The number of hydrogen-bond donors (Lipinski definition) is 6. The van der Waals surface area contributed by atoms with Crippen LogP contribution in [0.5, 0.6) is 0 Å². The molecule has 3 rings (SSSR count). The van der Waals surface area contributed by atoms with Crippen LogP contribution in [0.2, 0.25) is 0 Å². The largest absolute Gasteiger partial charge is 0.392 e. The van der Waals surface area contributed by atoms with E-state index < -0.39 is 48.7 Å². The fourth-order valence-corrected chi connectivity index (χ4v) is 3.95. The minimum absolute atomic E-state index is 0.00377. The Hall–Kier alpha value is -1.91. The molecule has 0 amide bonds. The Balaban J connectivity index is 2.12. The number of benzene rings is 2. The van der Waals surface area contributed by atoms with Crippen molar-refractivity contribution in [2.45, 2.75) is 69.6 Å². The zero-order chi connectivity index (χ0) is 22.9. The molecule has 2 aromatic rings. The first-order valence-electron chi connectivity index (χ1n) is 10.2. The first-order valence-corrected chi connectivity index (χ1v) is 10.2. The van der Waals surface area contributed by atoms with Crippen LogP contribution < -0.4 is 0 Å². The summed E-state index contributed by atoms with van der Waals surface area (Å²) in [6, 6.07) is 9.85. The summed E-state index contributed by atoms with van der Waals surface area (Å²) in [5.74, 6) is -3.37. The van der Waals surface area contributed by atoms with E-state index in [9.17, 15) is 30.6 Å². The van der Waals surface area contributed by atoms with Crippen molar-refractivity contribution in [3.63, 3.8) is 0 Å². The molecule has 6 N–H and O–H groups in total. The van der Waals surface area contributed by atoms with Gasteiger partial charge in [-0.15, -0.1) is 0 Å². The van der Waals surface area contributed by atoms with E-state index in [1.54, 1.807) is 0 Å². The number of aliphatic hydroxyl groups is 6. The summed E-state index contributed by atoms with van der Waals surface area (Å²) in [6.07, 6.45) is -7.45. The van der Waals surface area contributed by atoms with Gasteiger partial charge in [0.15, 0.2) is 0 Å². The molecule has 8 heteroatoms. The number of aliphatic hydroxyl groups excluding tert-OH is 5. The van der Waals surface area contributed by atoms with E-state index in [0.29, 0.717) is 0 Å². The molecule has 1 heterocycles. The lowest BCUT2D eigenvalue weighted by Crippen LogP contribution is -2.65. The van der Waals surface area contributed by atoms with E-state index in [4.69, 9.17) is 4.74 Å². The molecule has 0 spiro atoms. The molecule has 0 aromatic heterocycles. The number of rotatable bonds is 6. The highest BCUT2D eigenvalue weighted by Gasteiger charge is 2.55. The maximum atomic E-state index is 15.1. The second-order valence-electron chi connectivity index (χ2n) is 8.05. The third kappa shape index (κ3) is 4.51. The standard InChI is InChI=1S/C23H29FO7/c1-3-13-4-6-14(7-5-13)8-16-17(9-15(11-25)10-18(16)24)23(30)22(29)20(28)19(27)21(31-23)12(2)26/h4-7,9-10,12,19-22,25-30H,3,8,11H2,1-2H3/t12-,19-,20-,21+,22+,23+/m0/s1. The van der Waals surface area contributed by atoms with Crippen molar-refractivity contribution in [1.82, 2.24) is 0 Å². The second-order valence-corrected chi connectivity index (χ2v) is 8.05. The van der Waals surface area contributed by atoms with Crippen LogP contribution in [0.3, 0.4) is 0 Å². The second kappa shape index (κ2) is 9.30. The third-order valence-corrected chi connectivity index (χ3v) is 5.84. The van der Waals surface area contributed by atoms with E-state index in [1.807, 2.05) is 31.2 Å². The number of aryl methyl sites for hydroxylation is 1. The number of ether oxygens (including phenoxy) is 1. The Bertz CT molecular complexity index is 902. The van der Waals surface area contributed by atoms with Crippen LogP contribution in [0, 0.1) is 5.82 Å². The minimum atomic E-state index is -2.63. The summed E-state index contributed by atoms with van der Waals surface area (Å²) in [6.45, 7) is 2.77. The highest BCUT2D eigenvalue weighted by molar-refractivity contribution is 5.41. The van der Waals surface area contributed by atoms with Gasteiger partial charge in [0.1, 0.15) is 30.2 Å². The maximum Gasteiger partial charge on any atom is 0.222 e. The molecule has 6 atom stereocenters. The van der Waals surface area contributed by atoms with Crippen molar-refractivity contribution in [3.8, 4) is 0 Å². The van der Waals surface area contributed by atoms with Gasteiger partial charge in [-0.2, -0.15) is 0 Å². The lowest BCUT2D eigenvalue weighted by molar-refractivity contribution is -0.364. The Morgan fingerprint density at radius 1 is 1.03 bits per heavy atom. The SMILES string of the molecule is CCc1ccc(Cc2c(F)cc(CO)cc2[C@@]2(O)O[C@H]([C@H](C)O)[C@@H](O)[C@H](O)[C@H]2O)cc1. The van der Waals surface area contributed by atoms with Gasteiger partial charge < -0.3 is 35.4 Å². The van der Waals surface area contributed by atoms with E-state index in [2.05, 4.69) is 0 Å². The molecule has 1 aliphatic rings. The molecular formula is C23H29FO7. The summed E-state index contributed by atoms with van der Waals surface area (Å²) in [7, 11) is 0. The molecule has 0 saturated carbocycles. The topological polar surface area (TPSA) is 131 Å². The predicted molar refractivity (Wildman–Crippen MR) is 109 cm³/mol. The maximum absolute atomic E-state index is 15.1. The van der Waals surface area contributed by atoms with Gasteiger partial charge in [0.05, 0.1) is 12.7 Å². The highest BCUT2D eigenvalue weighted by Crippen LogP contribution is 2.40. The first kappa shape index (κ1) is 23.7. The van der Waals surface area contributed by atoms with Gasteiger partial charge in [0.25, 0.3) is 0 Å². The quantitative estimate of drug-likeness (QED) is 0.388. The number of halogens is 1. The zero-order valence-corrected chi connectivity index (χ0v) is 17.4. The summed E-state index contributed by atoms with van der Waals surface area (Å²) in [5, 5.41) is 61.8. The summed E-state index contributed by atoms with van der Waals surface area (Å²) in [4.78, 5) is 0. The molecule has 0 radical (unpaired) electrons. The van der Waals surface area contributed by atoms with E-state index in [1.165, 1.54) is 13.0 Å². The van der Waals surface area contributed by atoms with Gasteiger partial charge in [-0.1, -0.05) is 31.2 Å². The van der Waals surface area contributed by atoms with E-state index in [0.717, 1.165) is 23.6 Å². The van der Waals surface area contributed by atoms with Crippen LogP contribution >= 0.6 is 0 Å². The van der Waals surface area contributed by atoms with Crippen molar-refractivity contribution in [1.29, 1.82) is 0 Å². The molecule has 1 fully saturated rings. The summed E-state index contributed by atoms with van der Waals surface area (Å²) < 4.78 is 20.6. The van der Waals surface area contributed by atoms with Crippen molar-refractivity contribution in [2.24, 2.45) is 0 Å². The summed E-state index contributed by atoms with van der Waals surface area (Å²) in [5.41, 5.74) is 1.75. The van der Waals surface area contributed by atoms with Gasteiger partial charge in [0, 0.05) is 17.5 Å². The van der Waals surface area contributed by atoms with Crippen LogP contribution in [0.1, 0.15) is 41.7 Å². The van der Waals surface area contributed by atoms with Gasteiger partial charge in [-0.05, 0) is 42.2 Å². The monoisotopic (exact) mass is 436 g/mol. The van der Waals surface area contributed by atoms with E-state index in [-0.39, 0.29) is 23.1 Å². The van der Waals surface area contributed by atoms with Crippen LogP contribution in [-0.4, -0.2) is 61.2 Å². The molecule has 0 bridgehead atoms. The van der Waals surface area contributed by atoms with Crippen LogP contribution in [0.25, 0.3) is 0 Å². The predicted octanol–water partition coefficient (Wildman–Crippen LogP) is 0.479. The van der Waals surface area contributed by atoms with Crippen molar-refractivity contribution >= 4 is 0 Å².